The Labute approximate surface area is 136 Å². The Morgan fingerprint density at radius 2 is 2.26 bits per heavy atom. The van der Waals surface area contributed by atoms with Crippen LogP contribution in [0.1, 0.15) is 30.1 Å². The van der Waals surface area contributed by atoms with Crippen molar-refractivity contribution in [1.82, 2.24) is 14.8 Å². The Balaban J connectivity index is 1.85. The van der Waals surface area contributed by atoms with Crippen LogP contribution in [-0.4, -0.2) is 62.4 Å². The van der Waals surface area contributed by atoms with Crippen LogP contribution >= 0.6 is 0 Å². The van der Waals surface area contributed by atoms with Crippen molar-refractivity contribution in [2.24, 2.45) is 5.92 Å². The van der Waals surface area contributed by atoms with E-state index >= 15 is 0 Å². The first-order valence-electron chi connectivity index (χ1n) is 7.56. The molecule has 1 unspecified atom stereocenters. The molecule has 1 fully saturated rings. The van der Waals surface area contributed by atoms with E-state index in [4.69, 9.17) is 9.26 Å². The first-order chi connectivity index (χ1) is 10.8. The number of sulfonamides is 1. The summed E-state index contributed by atoms with van der Waals surface area (Å²) in [5.41, 5.74) is 0.219. The molecule has 23 heavy (non-hydrogen) atoms. The molecule has 1 aromatic heterocycles. The van der Waals surface area contributed by atoms with Crippen molar-refractivity contribution < 1.29 is 22.5 Å². The molecular weight excluding hydrogens is 322 g/mol. The number of aromatic nitrogens is 1. The lowest BCUT2D eigenvalue weighted by molar-refractivity contribution is 0.000394. The summed E-state index contributed by atoms with van der Waals surface area (Å²) >= 11 is 0. The SMILES string of the molecule is CC(C)Cc1cc(C(=O)NCC2CN(S(C)(=O)=O)CCO2)no1. The van der Waals surface area contributed by atoms with Crippen LogP contribution in [0.15, 0.2) is 10.6 Å². The fraction of sp³-hybridized carbons (Fsp3) is 0.714. The van der Waals surface area contributed by atoms with Crippen molar-refractivity contribution in [2.45, 2.75) is 26.4 Å². The molecule has 130 valence electrons. The van der Waals surface area contributed by atoms with E-state index in [0.29, 0.717) is 24.8 Å². The Morgan fingerprint density at radius 3 is 2.91 bits per heavy atom. The molecule has 1 aromatic rings. The zero-order chi connectivity index (χ0) is 17.0. The topological polar surface area (TPSA) is 102 Å². The average Bonchev–Trinajstić information content (AvgIpc) is 2.92. The first kappa shape index (κ1) is 17.9. The minimum atomic E-state index is -3.24. The quantitative estimate of drug-likeness (QED) is 0.794. The van der Waals surface area contributed by atoms with Crippen molar-refractivity contribution in [1.29, 1.82) is 0 Å². The Morgan fingerprint density at radius 1 is 1.52 bits per heavy atom. The average molecular weight is 345 g/mol. The molecule has 1 aliphatic heterocycles. The van der Waals surface area contributed by atoms with E-state index in [2.05, 4.69) is 24.3 Å². The monoisotopic (exact) mass is 345 g/mol. The molecule has 2 rings (SSSR count). The zero-order valence-electron chi connectivity index (χ0n) is 13.6. The number of amides is 1. The number of morpholine rings is 1. The number of hydrogen-bond donors (Lipinski definition) is 1. The van der Waals surface area contributed by atoms with Gasteiger partial charge in [0.25, 0.3) is 5.91 Å². The minimum absolute atomic E-state index is 0.219. The van der Waals surface area contributed by atoms with E-state index in [9.17, 15) is 13.2 Å². The van der Waals surface area contributed by atoms with Crippen LogP contribution in [0, 0.1) is 5.92 Å². The van der Waals surface area contributed by atoms with Crippen LogP contribution in [0.5, 0.6) is 0 Å². The van der Waals surface area contributed by atoms with Gasteiger partial charge >= 0.3 is 0 Å². The number of carbonyl (C=O) groups is 1. The van der Waals surface area contributed by atoms with Crippen LogP contribution in [0.4, 0.5) is 0 Å². The molecule has 1 saturated heterocycles. The van der Waals surface area contributed by atoms with E-state index in [-0.39, 0.29) is 30.8 Å². The first-order valence-corrected chi connectivity index (χ1v) is 9.41. The molecule has 0 bridgehead atoms. The van der Waals surface area contributed by atoms with E-state index in [1.807, 2.05) is 0 Å². The number of rotatable bonds is 6. The van der Waals surface area contributed by atoms with Gasteiger partial charge in [-0.3, -0.25) is 4.79 Å². The molecule has 0 aliphatic carbocycles. The zero-order valence-corrected chi connectivity index (χ0v) is 14.4. The molecular formula is C14H23N3O5S. The van der Waals surface area contributed by atoms with Gasteiger partial charge in [-0.15, -0.1) is 0 Å². The maximum absolute atomic E-state index is 12.0. The highest BCUT2D eigenvalue weighted by Gasteiger charge is 2.27. The molecule has 0 radical (unpaired) electrons. The van der Waals surface area contributed by atoms with Crippen LogP contribution in [0.25, 0.3) is 0 Å². The van der Waals surface area contributed by atoms with Crippen LogP contribution in [-0.2, 0) is 21.2 Å². The summed E-state index contributed by atoms with van der Waals surface area (Å²) in [4.78, 5) is 12.0. The molecule has 1 N–H and O–H groups in total. The fourth-order valence-corrected chi connectivity index (χ4v) is 3.18. The third-order valence-electron chi connectivity index (χ3n) is 3.46. The summed E-state index contributed by atoms with van der Waals surface area (Å²) < 4.78 is 35.0. The van der Waals surface area contributed by atoms with Gasteiger partial charge in [-0.25, -0.2) is 8.42 Å². The standard InChI is InChI=1S/C14H23N3O5S/c1-10(2)6-11-7-13(16-22-11)14(18)15-8-12-9-17(4-5-21-12)23(3,19)20/h7,10,12H,4-6,8-9H2,1-3H3,(H,15,18). The molecule has 2 heterocycles. The van der Waals surface area contributed by atoms with Crippen molar-refractivity contribution in [3.8, 4) is 0 Å². The van der Waals surface area contributed by atoms with Gasteiger partial charge in [0, 0.05) is 32.1 Å². The van der Waals surface area contributed by atoms with Crippen molar-refractivity contribution >= 4 is 15.9 Å². The smallest absolute Gasteiger partial charge is 0.273 e. The van der Waals surface area contributed by atoms with Crippen molar-refractivity contribution in [2.75, 3.05) is 32.5 Å². The molecule has 1 atom stereocenters. The van der Waals surface area contributed by atoms with Gasteiger partial charge in [0.05, 0.1) is 19.0 Å². The Bertz CT molecular complexity index is 641. The van der Waals surface area contributed by atoms with Crippen LogP contribution in [0.3, 0.4) is 0 Å². The predicted molar refractivity (Wildman–Crippen MR) is 83.5 cm³/mol. The highest BCUT2D eigenvalue weighted by atomic mass is 32.2. The largest absolute Gasteiger partial charge is 0.374 e. The lowest BCUT2D eigenvalue weighted by atomic mass is 10.1. The Hall–Kier alpha value is -1.45. The third-order valence-corrected chi connectivity index (χ3v) is 4.73. The van der Waals surface area contributed by atoms with Gasteiger partial charge < -0.3 is 14.6 Å². The number of ether oxygens (including phenoxy) is 1. The van der Waals surface area contributed by atoms with Gasteiger partial charge in [-0.05, 0) is 5.92 Å². The Kier molecular flexibility index (Phi) is 5.77. The molecule has 0 spiro atoms. The van der Waals surface area contributed by atoms with Crippen LogP contribution in [0.2, 0.25) is 0 Å². The molecule has 0 aromatic carbocycles. The van der Waals surface area contributed by atoms with Gasteiger partial charge in [-0.2, -0.15) is 4.31 Å². The van der Waals surface area contributed by atoms with E-state index in [1.54, 1.807) is 6.07 Å². The van der Waals surface area contributed by atoms with E-state index in [1.165, 1.54) is 10.6 Å². The second kappa shape index (κ2) is 7.41. The summed E-state index contributed by atoms with van der Waals surface area (Å²) in [5.74, 6) is 0.725. The highest BCUT2D eigenvalue weighted by molar-refractivity contribution is 7.88. The number of nitrogens with one attached hydrogen (secondary N) is 1. The van der Waals surface area contributed by atoms with E-state index < -0.39 is 10.0 Å². The maximum Gasteiger partial charge on any atom is 0.273 e. The van der Waals surface area contributed by atoms with Gasteiger partial charge in [0.1, 0.15) is 5.76 Å². The molecule has 1 amide bonds. The fourth-order valence-electron chi connectivity index (χ4n) is 2.33. The number of nitrogens with zero attached hydrogens (tertiary/aromatic N) is 2. The minimum Gasteiger partial charge on any atom is -0.374 e. The summed E-state index contributed by atoms with van der Waals surface area (Å²) in [6.07, 6.45) is 1.51. The van der Waals surface area contributed by atoms with Gasteiger partial charge in [0.2, 0.25) is 10.0 Å². The van der Waals surface area contributed by atoms with Gasteiger partial charge in [0.15, 0.2) is 5.69 Å². The van der Waals surface area contributed by atoms with Crippen LogP contribution < -0.4 is 5.32 Å². The number of hydrogen-bond acceptors (Lipinski definition) is 6. The summed E-state index contributed by atoms with van der Waals surface area (Å²) in [5, 5.41) is 6.45. The second-order valence-electron chi connectivity index (χ2n) is 6.10. The number of carbonyl (C=O) groups excluding carboxylic acids is 1. The molecule has 1 aliphatic rings. The third kappa shape index (κ3) is 5.29. The maximum atomic E-state index is 12.0. The molecule has 0 saturated carbocycles. The second-order valence-corrected chi connectivity index (χ2v) is 8.08. The van der Waals surface area contributed by atoms with Crippen molar-refractivity contribution in [3.05, 3.63) is 17.5 Å². The predicted octanol–water partition coefficient (Wildman–Crippen LogP) is 0.263. The summed E-state index contributed by atoms with van der Waals surface area (Å²) in [6.45, 7) is 5.21. The lowest BCUT2D eigenvalue weighted by Crippen LogP contribution is -2.49. The highest BCUT2D eigenvalue weighted by Crippen LogP contribution is 2.11. The van der Waals surface area contributed by atoms with E-state index in [0.717, 1.165) is 6.42 Å². The van der Waals surface area contributed by atoms with Gasteiger partial charge in [-0.1, -0.05) is 19.0 Å². The molecule has 9 heteroatoms. The lowest BCUT2D eigenvalue weighted by Gasteiger charge is -2.31. The summed E-state index contributed by atoms with van der Waals surface area (Å²) in [7, 11) is -3.24. The normalized spacial score (nSPS) is 19.9. The molecule has 8 nitrogen and oxygen atoms in total. The summed E-state index contributed by atoms with van der Waals surface area (Å²) in [6, 6.07) is 1.62. The van der Waals surface area contributed by atoms with Crippen molar-refractivity contribution in [3.63, 3.8) is 0 Å².